The van der Waals surface area contributed by atoms with Crippen LogP contribution in [0.1, 0.15) is 19.8 Å². The summed E-state index contributed by atoms with van der Waals surface area (Å²) in [4.78, 5) is 34.3. The molecular weight excluding hydrogens is 284 g/mol. The molecule has 0 saturated heterocycles. The minimum Gasteiger partial charge on any atom is -0.550 e. The maximum absolute atomic E-state index is 12.2. The number of carbonyl (C=O) groups is 3. The van der Waals surface area contributed by atoms with Crippen molar-refractivity contribution in [3.05, 3.63) is 36.4 Å². The van der Waals surface area contributed by atoms with Crippen LogP contribution < -0.4 is 15.7 Å². The summed E-state index contributed by atoms with van der Waals surface area (Å²) in [5.41, 5.74) is 1.17. The second-order valence-corrected chi connectivity index (χ2v) is 5.22. The number of rotatable bonds is 4. The van der Waals surface area contributed by atoms with Crippen molar-refractivity contribution < 1.29 is 19.5 Å². The zero-order valence-electron chi connectivity index (χ0n) is 12.2. The van der Waals surface area contributed by atoms with Crippen LogP contribution in [0.3, 0.4) is 0 Å². The number of anilines is 2. The van der Waals surface area contributed by atoms with E-state index in [1.807, 2.05) is 6.08 Å². The lowest BCUT2D eigenvalue weighted by molar-refractivity contribution is -0.313. The lowest BCUT2D eigenvalue weighted by atomic mass is 9.82. The van der Waals surface area contributed by atoms with Gasteiger partial charge in [0.1, 0.15) is 0 Å². The molecule has 1 aliphatic rings. The van der Waals surface area contributed by atoms with Crippen molar-refractivity contribution in [2.75, 3.05) is 10.6 Å². The minimum atomic E-state index is -1.20. The molecule has 1 aromatic carbocycles. The summed E-state index contributed by atoms with van der Waals surface area (Å²) in [6.07, 6.45) is 4.26. The van der Waals surface area contributed by atoms with Crippen molar-refractivity contribution in [3.63, 3.8) is 0 Å². The number of carboxylic acid groups (broad SMARTS) is 1. The first-order valence-corrected chi connectivity index (χ1v) is 7.01. The van der Waals surface area contributed by atoms with E-state index in [2.05, 4.69) is 10.6 Å². The molecule has 0 radical (unpaired) electrons. The fourth-order valence-corrected chi connectivity index (χ4v) is 2.44. The molecule has 6 heteroatoms. The summed E-state index contributed by atoms with van der Waals surface area (Å²) >= 11 is 0. The van der Waals surface area contributed by atoms with Crippen molar-refractivity contribution in [2.24, 2.45) is 11.8 Å². The van der Waals surface area contributed by atoms with E-state index >= 15 is 0 Å². The van der Waals surface area contributed by atoms with Gasteiger partial charge in [0, 0.05) is 30.2 Å². The summed E-state index contributed by atoms with van der Waals surface area (Å²) in [7, 11) is 0. The molecule has 2 atom stereocenters. The molecule has 22 heavy (non-hydrogen) atoms. The Morgan fingerprint density at radius 1 is 0.955 bits per heavy atom. The first-order valence-electron chi connectivity index (χ1n) is 7.01. The first-order chi connectivity index (χ1) is 10.5. The van der Waals surface area contributed by atoms with Crippen LogP contribution in [0.5, 0.6) is 0 Å². The van der Waals surface area contributed by atoms with E-state index in [4.69, 9.17) is 0 Å². The molecular formula is C16H17N2O4-. The van der Waals surface area contributed by atoms with Gasteiger partial charge < -0.3 is 20.5 Å². The predicted molar refractivity (Wildman–Crippen MR) is 79.7 cm³/mol. The van der Waals surface area contributed by atoms with Gasteiger partial charge in [0.05, 0.1) is 5.92 Å². The van der Waals surface area contributed by atoms with Crippen LogP contribution in [0.15, 0.2) is 36.4 Å². The van der Waals surface area contributed by atoms with Crippen molar-refractivity contribution in [2.45, 2.75) is 19.8 Å². The van der Waals surface area contributed by atoms with Gasteiger partial charge in [-0.05, 0) is 37.1 Å². The zero-order valence-corrected chi connectivity index (χ0v) is 12.2. The normalized spacial score (nSPS) is 20.2. The third kappa shape index (κ3) is 3.94. The molecule has 1 aromatic rings. The smallest absolute Gasteiger partial charge is 0.228 e. The van der Waals surface area contributed by atoms with E-state index in [-0.39, 0.29) is 11.8 Å². The Hall–Kier alpha value is -2.63. The van der Waals surface area contributed by atoms with Crippen LogP contribution in [-0.2, 0) is 14.4 Å². The van der Waals surface area contributed by atoms with E-state index in [0.29, 0.717) is 24.2 Å². The average molecular weight is 301 g/mol. The number of benzene rings is 1. The number of carbonyl (C=O) groups excluding carboxylic acids is 3. The van der Waals surface area contributed by atoms with Gasteiger partial charge in [-0.25, -0.2) is 0 Å². The molecule has 0 aliphatic heterocycles. The molecule has 0 fully saturated rings. The highest BCUT2D eigenvalue weighted by atomic mass is 16.4. The molecule has 2 N–H and O–H groups in total. The molecule has 0 aromatic heterocycles. The Kier molecular flexibility index (Phi) is 4.93. The fraction of sp³-hybridized carbons (Fsp3) is 0.312. The van der Waals surface area contributed by atoms with Gasteiger partial charge in [0.2, 0.25) is 11.8 Å². The second-order valence-electron chi connectivity index (χ2n) is 5.22. The summed E-state index contributed by atoms with van der Waals surface area (Å²) < 4.78 is 0. The highest BCUT2D eigenvalue weighted by Crippen LogP contribution is 2.26. The van der Waals surface area contributed by atoms with Gasteiger partial charge in [-0.3, -0.25) is 9.59 Å². The van der Waals surface area contributed by atoms with Crippen LogP contribution in [0.4, 0.5) is 11.4 Å². The van der Waals surface area contributed by atoms with Gasteiger partial charge >= 0.3 is 0 Å². The van der Waals surface area contributed by atoms with Gasteiger partial charge in [-0.15, -0.1) is 0 Å². The number of carboxylic acids is 1. The Bertz CT molecular complexity index is 607. The molecule has 2 amide bonds. The number of amides is 2. The number of hydrogen-bond donors (Lipinski definition) is 2. The Labute approximate surface area is 128 Å². The van der Waals surface area contributed by atoms with Crippen molar-refractivity contribution in [3.8, 4) is 0 Å². The topological polar surface area (TPSA) is 98.3 Å². The lowest BCUT2D eigenvalue weighted by Crippen LogP contribution is -2.41. The van der Waals surface area contributed by atoms with E-state index in [1.54, 1.807) is 30.3 Å². The summed E-state index contributed by atoms with van der Waals surface area (Å²) in [5.74, 6) is -3.16. The summed E-state index contributed by atoms with van der Waals surface area (Å²) in [5, 5.41) is 16.4. The highest BCUT2D eigenvalue weighted by Gasteiger charge is 2.29. The maximum atomic E-state index is 12.2. The number of aliphatic carboxylic acids is 1. The molecule has 6 nitrogen and oxygen atoms in total. The van der Waals surface area contributed by atoms with Gasteiger partial charge in [-0.2, -0.15) is 0 Å². The molecule has 0 saturated carbocycles. The molecule has 0 unspecified atom stereocenters. The lowest BCUT2D eigenvalue weighted by Gasteiger charge is -2.28. The first kappa shape index (κ1) is 15.8. The Morgan fingerprint density at radius 3 is 1.95 bits per heavy atom. The van der Waals surface area contributed by atoms with E-state index in [1.165, 1.54) is 6.92 Å². The number of nitrogens with one attached hydrogen (secondary N) is 2. The second kappa shape index (κ2) is 6.89. The third-order valence-corrected chi connectivity index (χ3v) is 3.54. The zero-order chi connectivity index (χ0) is 16.1. The summed E-state index contributed by atoms with van der Waals surface area (Å²) in [6.45, 7) is 1.41. The minimum absolute atomic E-state index is 0.178. The van der Waals surface area contributed by atoms with Gasteiger partial charge in [-0.1, -0.05) is 12.2 Å². The van der Waals surface area contributed by atoms with Crippen molar-refractivity contribution >= 4 is 29.2 Å². The SMILES string of the molecule is CC(=O)Nc1ccc(NC(=O)[C@@H]2CC=CC[C@@H]2C(=O)[O-])cc1. The Morgan fingerprint density at radius 2 is 1.45 bits per heavy atom. The maximum Gasteiger partial charge on any atom is 0.228 e. The third-order valence-electron chi connectivity index (χ3n) is 3.54. The predicted octanol–water partition coefficient (Wildman–Crippen LogP) is 0.916. The molecule has 0 bridgehead atoms. The molecule has 0 heterocycles. The number of allylic oxidation sites excluding steroid dienone is 2. The molecule has 0 spiro atoms. The fourth-order valence-electron chi connectivity index (χ4n) is 2.44. The standard InChI is InChI=1S/C16H18N2O4/c1-10(19)17-11-6-8-12(9-7-11)18-15(20)13-4-2-3-5-14(13)16(21)22/h2-3,6-9,13-14H,4-5H2,1H3,(H,17,19)(H,18,20)(H,21,22)/p-1/t13-,14+/m1/s1. The van der Waals surface area contributed by atoms with E-state index < -0.39 is 17.8 Å². The van der Waals surface area contributed by atoms with E-state index in [0.717, 1.165) is 0 Å². The molecule has 1 aliphatic carbocycles. The molecule has 2 rings (SSSR count). The van der Waals surface area contributed by atoms with Gasteiger partial charge in [0.25, 0.3) is 0 Å². The van der Waals surface area contributed by atoms with E-state index in [9.17, 15) is 19.5 Å². The van der Waals surface area contributed by atoms with Gasteiger partial charge in [0.15, 0.2) is 0 Å². The Balaban J connectivity index is 2.03. The quantitative estimate of drug-likeness (QED) is 0.808. The van der Waals surface area contributed by atoms with Crippen molar-refractivity contribution in [1.29, 1.82) is 0 Å². The van der Waals surface area contributed by atoms with Crippen LogP contribution >= 0.6 is 0 Å². The van der Waals surface area contributed by atoms with Crippen LogP contribution in [0.25, 0.3) is 0 Å². The summed E-state index contributed by atoms with van der Waals surface area (Å²) in [6, 6.07) is 6.62. The van der Waals surface area contributed by atoms with Crippen molar-refractivity contribution in [1.82, 2.24) is 0 Å². The van der Waals surface area contributed by atoms with Crippen LogP contribution in [0.2, 0.25) is 0 Å². The average Bonchev–Trinajstić information content (AvgIpc) is 2.48. The largest absolute Gasteiger partial charge is 0.550 e. The number of hydrogen-bond acceptors (Lipinski definition) is 4. The highest BCUT2D eigenvalue weighted by molar-refractivity contribution is 5.95. The van der Waals surface area contributed by atoms with Crippen LogP contribution in [-0.4, -0.2) is 17.8 Å². The monoisotopic (exact) mass is 301 g/mol. The molecule has 116 valence electrons. The van der Waals surface area contributed by atoms with Crippen LogP contribution in [0, 0.1) is 11.8 Å².